The highest BCUT2D eigenvalue weighted by Crippen LogP contribution is 2.18. The minimum absolute atomic E-state index is 0.0139. The average molecular weight is 470 g/mol. The fourth-order valence-electron chi connectivity index (χ4n) is 4.22. The maximum Gasteiger partial charge on any atom is 0.306 e. The van der Waals surface area contributed by atoms with Crippen LogP contribution in [0.1, 0.15) is 135 Å². The molecule has 0 aliphatic rings. The Bertz CT molecular complexity index is 428. The van der Waals surface area contributed by atoms with Crippen molar-refractivity contribution in [2.45, 2.75) is 141 Å². The zero-order valence-electron chi connectivity index (χ0n) is 22.3. The van der Waals surface area contributed by atoms with Crippen LogP contribution < -0.4 is 0 Å². The first-order valence-corrected chi connectivity index (χ1v) is 14.0. The highest BCUT2D eigenvalue weighted by atomic mass is 16.5. The summed E-state index contributed by atoms with van der Waals surface area (Å²) in [6.45, 7) is 4.28. The van der Waals surface area contributed by atoms with Crippen LogP contribution in [0, 0.1) is 0 Å². The van der Waals surface area contributed by atoms with Crippen LogP contribution >= 0.6 is 0 Å². The molecule has 0 amide bonds. The lowest BCUT2D eigenvalue weighted by Gasteiger charge is -2.18. The molecule has 1 unspecified atom stereocenters. The van der Waals surface area contributed by atoms with E-state index in [2.05, 4.69) is 11.8 Å². The second-order valence-electron chi connectivity index (χ2n) is 9.87. The van der Waals surface area contributed by atoms with Crippen LogP contribution in [0.3, 0.4) is 0 Å². The molecule has 0 radical (unpaired) electrons. The number of carbonyl (C=O) groups excluding carboxylic acids is 2. The minimum atomic E-state index is -0.0139. The Hall–Kier alpha value is -1.10. The molecule has 5 nitrogen and oxygen atoms in total. The fourth-order valence-corrected chi connectivity index (χ4v) is 4.22. The van der Waals surface area contributed by atoms with Crippen molar-refractivity contribution in [3.8, 4) is 0 Å². The lowest BCUT2D eigenvalue weighted by Crippen LogP contribution is -2.20. The predicted octanol–water partition coefficient (Wildman–Crippen LogP) is 7.45. The standard InChI is InChI=1S/C28H55NO4/c1-4-5-6-7-8-11-14-17-21-27(33-28(31)23-20-24-29(2)3)22-18-15-12-9-10-13-16-19-25-32-26-30/h26-27H,4-25H2,1-3H3. The number of esters is 1. The predicted molar refractivity (Wildman–Crippen MR) is 138 cm³/mol. The molecule has 0 rings (SSSR count). The zero-order chi connectivity index (χ0) is 24.4. The largest absolute Gasteiger partial charge is 0.468 e. The monoisotopic (exact) mass is 469 g/mol. The summed E-state index contributed by atoms with van der Waals surface area (Å²) in [4.78, 5) is 24.5. The highest BCUT2D eigenvalue weighted by molar-refractivity contribution is 5.69. The van der Waals surface area contributed by atoms with Crippen molar-refractivity contribution >= 4 is 12.4 Å². The number of hydrogen-bond acceptors (Lipinski definition) is 5. The van der Waals surface area contributed by atoms with E-state index in [1.807, 2.05) is 14.1 Å². The molecule has 0 spiro atoms. The van der Waals surface area contributed by atoms with E-state index < -0.39 is 0 Å². The summed E-state index contributed by atoms with van der Waals surface area (Å²) in [7, 11) is 4.08. The minimum Gasteiger partial charge on any atom is -0.468 e. The molecule has 1 atom stereocenters. The molecule has 33 heavy (non-hydrogen) atoms. The van der Waals surface area contributed by atoms with Crippen molar-refractivity contribution < 1.29 is 19.1 Å². The summed E-state index contributed by atoms with van der Waals surface area (Å²) in [5.74, 6) is -0.0139. The van der Waals surface area contributed by atoms with Gasteiger partial charge in [-0.3, -0.25) is 9.59 Å². The summed E-state index contributed by atoms with van der Waals surface area (Å²) in [6.07, 6.45) is 23.5. The summed E-state index contributed by atoms with van der Waals surface area (Å²) in [5, 5.41) is 0. The van der Waals surface area contributed by atoms with Crippen LogP contribution in [0.5, 0.6) is 0 Å². The van der Waals surface area contributed by atoms with E-state index in [4.69, 9.17) is 9.47 Å². The van der Waals surface area contributed by atoms with Crippen molar-refractivity contribution in [3.63, 3.8) is 0 Å². The van der Waals surface area contributed by atoms with Gasteiger partial charge in [0.25, 0.3) is 6.47 Å². The summed E-state index contributed by atoms with van der Waals surface area (Å²) >= 11 is 0. The Morgan fingerprint density at radius 2 is 1.21 bits per heavy atom. The maximum absolute atomic E-state index is 12.3. The Kier molecular flexibility index (Phi) is 24.7. The highest BCUT2D eigenvalue weighted by Gasteiger charge is 2.14. The summed E-state index contributed by atoms with van der Waals surface area (Å²) in [5.41, 5.74) is 0. The molecule has 0 aromatic carbocycles. The van der Waals surface area contributed by atoms with E-state index in [0.29, 0.717) is 19.5 Å². The summed E-state index contributed by atoms with van der Waals surface area (Å²) in [6, 6.07) is 0. The molecule has 0 heterocycles. The van der Waals surface area contributed by atoms with E-state index >= 15 is 0 Å². The molecule has 0 aliphatic heterocycles. The van der Waals surface area contributed by atoms with Gasteiger partial charge in [0.1, 0.15) is 6.10 Å². The van der Waals surface area contributed by atoms with Gasteiger partial charge in [-0.25, -0.2) is 0 Å². The van der Waals surface area contributed by atoms with Crippen LogP contribution in [0.15, 0.2) is 0 Å². The van der Waals surface area contributed by atoms with Crippen LogP contribution in [0.2, 0.25) is 0 Å². The van der Waals surface area contributed by atoms with Crippen molar-refractivity contribution in [1.82, 2.24) is 4.90 Å². The molecule has 196 valence electrons. The first-order chi connectivity index (χ1) is 16.1. The molecule has 0 saturated heterocycles. The molecule has 0 aliphatic carbocycles. The lowest BCUT2D eigenvalue weighted by molar-refractivity contribution is -0.150. The van der Waals surface area contributed by atoms with E-state index in [1.54, 1.807) is 0 Å². The van der Waals surface area contributed by atoms with E-state index in [1.165, 1.54) is 83.5 Å². The zero-order valence-corrected chi connectivity index (χ0v) is 22.3. The molecular formula is C28H55NO4. The molecule has 0 aromatic heterocycles. The molecule has 0 bridgehead atoms. The first-order valence-electron chi connectivity index (χ1n) is 14.0. The van der Waals surface area contributed by atoms with Gasteiger partial charge in [-0.2, -0.15) is 0 Å². The average Bonchev–Trinajstić information content (AvgIpc) is 2.78. The summed E-state index contributed by atoms with van der Waals surface area (Å²) < 4.78 is 10.6. The van der Waals surface area contributed by atoms with Gasteiger partial charge in [0, 0.05) is 6.42 Å². The molecule has 0 N–H and O–H groups in total. The number of ether oxygens (including phenoxy) is 2. The Balaban J connectivity index is 3.98. The number of unbranched alkanes of at least 4 members (excludes halogenated alkanes) is 14. The number of rotatable bonds is 26. The third kappa shape index (κ3) is 25.4. The van der Waals surface area contributed by atoms with Crippen molar-refractivity contribution in [3.05, 3.63) is 0 Å². The van der Waals surface area contributed by atoms with Crippen molar-refractivity contribution in [2.75, 3.05) is 27.2 Å². The number of carbonyl (C=O) groups is 2. The second-order valence-corrected chi connectivity index (χ2v) is 9.87. The second kappa shape index (κ2) is 25.5. The first kappa shape index (κ1) is 31.9. The Morgan fingerprint density at radius 3 is 1.70 bits per heavy atom. The van der Waals surface area contributed by atoms with Crippen molar-refractivity contribution in [2.24, 2.45) is 0 Å². The maximum atomic E-state index is 12.3. The van der Waals surface area contributed by atoms with Crippen LogP contribution in [-0.2, 0) is 19.1 Å². The molecule has 0 saturated carbocycles. The van der Waals surface area contributed by atoms with Gasteiger partial charge >= 0.3 is 5.97 Å². The van der Waals surface area contributed by atoms with Gasteiger partial charge in [0.15, 0.2) is 0 Å². The molecule has 5 heteroatoms. The Labute approximate surface area is 205 Å². The third-order valence-electron chi connectivity index (χ3n) is 6.27. The molecule has 0 aromatic rings. The smallest absolute Gasteiger partial charge is 0.306 e. The van der Waals surface area contributed by atoms with E-state index in [0.717, 1.165) is 45.1 Å². The topological polar surface area (TPSA) is 55.8 Å². The van der Waals surface area contributed by atoms with Gasteiger partial charge < -0.3 is 14.4 Å². The van der Waals surface area contributed by atoms with Gasteiger partial charge in [0.05, 0.1) is 6.61 Å². The van der Waals surface area contributed by atoms with Gasteiger partial charge in [-0.15, -0.1) is 0 Å². The number of nitrogens with zero attached hydrogens (tertiary/aromatic N) is 1. The van der Waals surface area contributed by atoms with E-state index in [9.17, 15) is 9.59 Å². The van der Waals surface area contributed by atoms with Crippen molar-refractivity contribution in [1.29, 1.82) is 0 Å². The molecular weight excluding hydrogens is 414 g/mol. The van der Waals surface area contributed by atoms with Crippen LogP contribution in [0.4, 0.5) is 0 Å². The lowest BCUT2D eigenvalue weighted by atomic mass is 10.0. The van der Waals surface area contributed by atoms with E-state index in [-0.39, 0.29) is 12.1 Å². The Morgan fingerprint density at radius 1 is 0.727 bits per heavy atom. The van der Waals surface area contributed by atoms with Crippen LogP contribution in [0.25, 0.3) is 0 Å². The van der Waals surface area contributed by atoms with Crippen LogP contribution in [-0.4, -0.2) is 50.7 Å². The normalized spacial score (nSPS) is 12.1. The SMILES string of the molecule is CCCCCCCCCCC(CCCCCCCCCCOC=O)OC(=O)CCCN(C)C. The van der Waals surface area contributed by atoms with Gasteiger partial charge in [0.2, 0.25) is 0 Å². The quantitative estimate of drug-likeness (QED) is 0.0747. The molecule has 0 fully saturated rings. The number of hydrogen-bond donors (Lipinski definition) is 0. The van der Waals surface area contributed by atoms with Gasteiger partial charge in [-0.05, 0) is 59.2 Å². The van der Waals surface area contributed by atoms with Gasteiger partial charge in [-0.1, -0.05) is 90.4 Å². The fraction of sp³-hybridized carbons (Fsp3) is 0.929. The third-order valence-corrected chi connectivity index (χ3v) is 6.27.